The average Bonchev–Trinajstić information content (AvgIpc) is 2.81. The molecule has 0 spiro atoms. The van der Waals surface area contributed by atoms with E-state index in [0.717, 1.165) is 12.1 Å². The molecule has 1 heterocycles. The summed E-state index contributed by atoms with van der Waals surface area (Å²) in [6.45, 7) is 10.8. The zero-order chi connectivity index (χ0) is 16.5. The molecule has 1 aliphatic rings. The van der Waals surface area contributed by atoms with E-state index < -0.39 is 6.04 Å². The molecule has 2 rings (SSSR count). The van der Waals surface area contributed by atoms with E-state index in [4.69, 9.17) is 5.73 Å². The van der Waals surface area contributed by atoms with E-state index in [-0.39, 0.29) is 17.2 Å². The Hall–Kier alpha value is -1.65. The minimum absolute atomic E-state index is 0.0964. The first-order valence-electron chi connectivity index (χ1n) is 8.11. The van der Waals surface area contributed by atoms with E-state index in [1.165, 1.54) is 30.4 Å². The highest BCUT2D eigenvalue weighted by Gasteiger charge is 2.29. The molecule has 1 aromatic heterocycles. The Labute approximate surface area is 133 Å². The van der Waals surface area contributed by atoms with E-state index in [1.54, 1.807) is 4.68 Å². The van der Waals surface area contributed by atoms with Gasteiger partial charge < -0.3 is 5.73 Å². The van der Waals surface area contributed by atoms with Crippen LogP contribution in [0.25, 0.3) is 0 Å². The largest absolute Gasteiger partial charge is 0.368 e. The van der Waals surface area contributed by atoms with Crippen molar-refractivity contribution in [2.45, 2.75) is 66.3 Å². The quantitative estimate of drug-likeness (QED) is 0.850. The summed E-state index contributed by atoms with van der Waals surface area (Å²) in [4.78, 5) is 11.6. The predicted octanol–water partition coefficient (Wildman–Crippen LogP) is 3.03. The van der Waals surface area contributed by atoms with Crippen molar-refractivity contribution in [2.24, 2.45) is 17.1 Å². The molecule has 1 aliphatic carbocycles. The lowest BCUT2D eigenvalue weighted by Gasteiger charge is -2.34. The Kier molecular flexibility index (Phi) is 4.73. The molecule has 5 nitrogen and oxygen atoms in total. The van der Waals surface area contributed by atoms with Crippen LogP contribution >= 0.6 is 0 Å². The first-order valence-corrected chi connectivity index (χ1v) is 8.11. The van der Waals surface area contributed by atoms with Gasteiger partial charge in [0.1, 0.15) is 6.04 Å². The molecular weight excluding hydrogens is 276 g/mol. The van der Waals surface area contributed by atoms with Gasteiger partial charge >= 0.3 is 0 Å². The van der Waals surface area contributed by atoms with Crippen molar-refractivity contribution in [2.75, 3.05) is 0 Å². The average molecular weight is 304 g/mol. The van der Waals surface area contributed by atoms with E-state index in [2.05, 4.69) is 31.1 Å². The number of amides is 1. The summed E-state index contributed by atoms with van der Waals surface area (Å²) in [6.07, 6.45) is 6.32. The minimum Gasteiger partial charge on any atom is -0.368 e. The zero-order valence-corrected chi connectivity index (χ0v) is 14.4. The summed E-state index contributed by atoms with van der Waals surface area (Å²) in [5, 5.41) is 8.41. The summed E-state index contributed by atoms with van der Waals surface area (Å²) in [6, 6.07) is -0.435. The van der Waals surface area contributed by atoms with Crippen LogP contribution in [0.3, 0.4) is 0 Å². The van der Waals surface area contributed by atoms with Crippen LogP contribution < -0.4 is 5.73 Å². The lowest BCUT2D eigenvalue weighted by Crippen LogP contribution is -2.30. The van der Waals surface area contributed by atoms with E-state index in [9.17, 15) is 4.79 Å². The van der Waals surface area contributed by atoms with Crippen LogP contribution in [0.1, 0.15) is 65.6 Å². The number of nitrogens with two attached hydrogens (primary N) is 1. The van der Waals surface area contributed by atoms with Crippen molar-refractivity contribution in [3.05, 3.63) is 23.0 Å². The molecule has 0 bridgehead atoms. The fourth-order valence-corrected chi connectivity index (χ4v) is 3.54. The molecule has 0 unspecified atom stereocenters. The van der Waals surface area contributed by atoms with Crippen molar-refractivity contribution < 1.29 is 4.79 Å². The molecular formula is C17H28N4O. The highest BCUT2D eigenvalue weighted by atomic mass is 16.1. The normalized spacial score (nSPS) is 19.5. The van der Waals surface area contributed by atoms with Crippen molar-refractivity contribution in [1.82, 2.24) is 15.0 Å². The number of hydrogen-bond acceptors (Lipinski definition) is 3. The van der Waals surface area contributed by atoms with Crippen LogP contribution in [-0.4, -0.2) is 20.9 Å². The Morgan fingerprint density at radius 1 is 1.45 bits per heavy atom. The molecule has 0 radical (unpaired) electrons. The van der Waals surface area contributed by atoms with E-state index >= 15 is 0 Å². The Morgan fingerprint density at radius 3 is 2.68 bits per heavy atom. The van der Waals surface area contributed by atoms with Gasteiger partial charge in [0.25, 0.3) is 0 Å². The highest BCUT2D eigenvalue weighted by Crippen LogP contribution is 2.41. The smallest absolute Gasteiger partial charge is 0.242 e. The maximum atomic E-state index is 11.6. The van der Waals surface area contributed by atoms with E-state index in [0.29, 0.717) is 0 Å². The lowest BCUT2D eigenvalue weighted by atomic mass is 9.71. The Bertz CT molecular complexity index is 583. The van der Waals surface area contributed by atoms with Crippen LogP contribution in [0.5, 0.6) is 0 Å². The molecule has 0 saturated carbocycles. The maximum Gasteiger partial charge on any atom is 0.242 e. The third-order valence-corrected chi connectivity index (χ3v) is 4.81. The number of allylic oxidation sites excluding steroid dienone is 2. The topological polar surface area (TPSA) is 73.8 Å². The van der Waals surface area contributed by atoms with Crippen LogP contribution in [0.4, 0.5) is 0 Å². The molecule has 5 heteroatoms. The standard InChI is InChI=1S/C17H28N4O/c1-11(2)15(16(18)22)21-10-13(19-20-21)9-14-12(3)7-6-8-17(14,4)5/h10-11,15H,6-9H2,1-5H3,(H2,18,22)/t15-/m0/s1. The number of hydrogen-bond donors (Lipinski definition) is 1. The van der Waals surface area contributed by atoms with Gasteiger partial charge in [0.05, 0.1) is 5.69 Å². The molecule has 0 aromatic carbocycles. The fourth-order valence-electron chi connectivity index (χ4n) is 3.54. The van der Waals surface area contributed by atoms with Crippen molar-refractivity contribution in [3.63, 3.8) is 0 Å². The molecule has 0 aliphatic heterocycles. The van der Waals surface area contributed by atoms with Crippen LogP contribution in [-0.2, 0) is 11.2 Å². The van der Waals surface area contributed by atoms with Gasteiger partial charge in [-0.05, 0) is 37.5 Å². The maximum absolute atomic E-state index is 11.6. The second-order valence-electron chi connectivity index (χ2n) is 7.45. The molecule has 122 valence electrons. The first-order chi connectivity index (χ1) is 10.2. The first kappa shape index (κ1) is 16.7. The monoisotopic (exact) mass is 304 g/mol. The number of nitrogens with zero attached hydrogens (tertiary/aromatic N) is 3. The second-order valence-corrected chi connectivity index (χ2v) is 7.45. The number of carbonyl (C=O) groups is 1. The lowest BCUT2D eigenvalue weighted by molar-refractivity contribution is -0.122. The van der Waals surface area contributed by atoms with Gasteiger partial charge in [-0.3, -0.25) is 4.79 Å². The van der Waals surface area contributed by atoms with Gasteiger partial charge in [0, 0.05) is 12.6 Å². The van der Waals surface area contributed by atoms with Gasteiger partial charge in [-0.1, -0.05) is 44.1 Å². The molecule has 0 saturated heterocycles. The summed E-state index contributed by atoms with van der Waals surface area (Å²) < 4.78 is 1.62. The summed E-state index contributed by atoms with van der Waals surface area (Å²) in [5.41, 5.74) is 9.56. The van der Waals surface area contributed by atoms with Gasteiger partial charge in [-0.15, -0.1) is 5.10 Å². The molecule has 22 heavy (non-hydrogen) atoms. The summed E-state index contributed by atoms with van der Waals surface area (Å²) in [5.74, 6) is -0.265. The minimum atomic E-state index is -0.435. The van der Waals surface area contributed by atoms with Crippen LogP contribution in [0, 0.1) is 11.3 Å². The fraction of sp³-hybridized carbons (Fsp3) is 0.706. The number of aromatic nitrogens is 3. The van der Waals surface area contributed by atoms with Gasteiger partial charge in [0.2, 0.25) is 5.91 Å². The van der Waals surface area contributed by atoms with Crippen LogP contribution in [0.15, 0.2) is 17.3 Å². The number of carbonyl (C=O) groups excluding carboxylic acids is 1. The Balaban J connectivity index is 2.24. The molecule has 1 amide bonds. The SMILES string of the molecule is CC1=C(Cc2cn([C@H](C(N)=O)C(C)C)nn2)C(C)(C)CCC1. The number of rotatable bonds is 5. The summed E-state index contributed by atoms with van der Waals surface area (Å²) in [7, 11) is 0. The molecule has 1 aromatic rings. The molecule has 2 N–H and O–H groups in total. The molecule has 0 fully saturated rings. The number of primary amides is 1. The van der Waals surface area contributed by atoms with E-state index in [1.807, 2.05) is 20.0 Å². The van der Waals surface area contributed by atoms with Crippen molar-refractivity contribution >= 4 is 5.91 Å². The molecule has 1 atom stereocenters. The Morgan fingerprint density at radius 2 is 2.14 bits per heavy atom. The summed E-state index contributed by atoms with van der Waals surface area (Å²) >= 11 is 0. The van der Waals surface area contributed by atoms with Crippen molar-refractivity contribution in [1.29, 1.82) is 0 Å². The predicted molar refractivity (Wildman–Crippen MR) is 87.1 cm³/mol. The highest BCUT2D eigenvalue weighted by molar-refractivity contribution is 5.78. The van der Waals surface area contributed by atoms with Crippen LogP contribution in [0.2, 0.25) is 0 Å². The van der Waals surface area contributed by atoms with Gasteiger partial charge in [-0.2, -0.15) is 0 Å². The third kappa shape index (κ3) is 3.39. The third-order valence-electron chi connectivity index (χ3n) is 4.81. The zero-order valence-electron chi connectivity index (χ0n) is 14.4. The second kappa shape index (κ2) is 6.23. The van der Waals surface area contributed by atoms with Crippen molar-refractivity contribution in [3.8, 4) is 0 Å². The van der Waals surface area contributed by atoms with Gasteiger partial charge in [-0.25, -0.2) is 4.68 Å². The van der Waals surface area contributed by atoms with Gasteiger partial charge in [0.15, 0.2) is 0 Å².